The molecule has 0 radical (unpaired) electrons. The van der Waals surface area contributed by atoms with Gasteiger partial charge in [0.2, 0.25) is 5.91 Å². The molecule has 0 bridgehead atoms. The SMILES string of the molecule is O=C(Cc1cscn1)NCCn1ccnc1. The molecule has 0 aliphatic rings. The van der Waals surface area contributed by atoms with Crippen LogP contribution in [0, 0.1) is 0 Å². The molecule has 2 heterocycles. The van der Waals surface area contributed by atoms with Gasteiger partial charge in [-0.05, 0) is 0 Å². The summed E-state index contributed by atoms with van der Waals surface area (Å²) >= 11 is 1.50. The van der Waals surface area contributed by atoms with Gasteiger partial charge in [0.15, 0.2) is 0 Å². The van der Waals surface area contributed by atoms with Gasteiger partial charge in [-0.25, -0.2) is 9.97 Å². The van der Waals surface area contributed by atoms with Crippen LogP contribution in [-0.2, 0) is 17.8 Å². The molecule has 84 valence electrons. The second-order valence-electron chi connectivity index (χ2n) is 3.31. The minimum absolute atomic E-state index is 0.00557. The third kappa shape index (κ3) is 3.16. The highest BCUT2D eigenvalue weighted by Gasteiger charge is 2.03. The maximum absolute atomic E-state index is 11.5. The van der Waals surface area contributed by atoms with E-state index in [0.29, 0.717) is 13.0 Å². The summed E-state index contributed by atoms with van der Waals surface area (Å²) < 4.78 is 1.92. The molecule has 6 heteroatoms. The van der Waals surface area contributed by atoms with Crippen molar-refractivity contribution in [3.8, 4) is 0 Å². The number of thiazole rings is 1. The van der Waals surface area contributed by atoms with Crippen molar-refractivity contribution in [1.82, 2.24) is 19.9 Å². The Morgan fingerprint density at radius 3 is 3.19 bits per heavy atom. The Morgan fingerprint density at radius 1 is 1.56 bits per heavy atom. The molecule has 16 heavy (non-hydrogen) atoms. The van der Waals surface area contributed by atoms with E-state index in [4.69, 9.17) is 0 Å². The highest BCUT2D eigenvalue weighted by molar-refractivity contribution is 7.07. The van der Waals surface area contributed by atoms with E-state index < -0.39 is 0 Å². The van der Waals surface area contributed by atoms with E-state index >= 15 is 0 Å². The van der Waals surface area contributed by atoms with Gasteiger partial charge in [-0.15, -0.1) is 11.3 Å². The van der Waals surface area contributed by atoms with E-state index in [1.807, 2.05) is 16.1 Å². The Labute approximate surface area is 97.2 Å². The first-order valence-electron chi connectivity index (χ1n) is 4.94. The van der Waals surface area contributed by atoms with Crippen LogP contribution in [0.3, 0.4) is 0 Å². The van der Waals surface area contributed by atoms with E-state index in [0.717, 1.165) is 12.2 Å². The smallest absolute Gasteiger partial charge is 0.226 e. The Morgan fingerprint density at radius 2 is 2.50 bits per heavy atom. The van der Waals surface area contributed by atoms with Gasteiger partial charge in [0.25, 0.3) is 0 Å². The molecule has 0 aliphatic heterocycles. The molecule has 0 saturated carbocycles. The van der Waals surface area contributed by atoms with Crippen molar-refractivity contribution in [2.45, 2.75) is 13.0 Å². The molecule has 0 spiro atoms. The number of carbonyl (C=O) groups is 1. The standard InChI is InChI=1S/C10H12N4OS/c15-10(5-9-6-16-8-13-9)12-2-4-14-3-1-11-7-14/h1,3,6-8H,2,4-5H2,(H,12,15). The maximum atomic E-state index is 11.5. The van der Waals surface area contributed by atoms with Gasteiger partial charge in [0.1, 0.15) is 0 Å². The van der Waals surface area contributed by atoms with E-state index in [9.17, 15) is 4.79 Å². The number of amides is 1. The molecule has 2 rings (SSSR count). The molecule has 0 fully saturated rings. The molecule has 0 aliphatic carbocycles. The summed E-state index contributed by atoms with van der Waals surface area (Å²) in [6, 6.07) is 0. The van der Waals surface area contributed by atoms with Crippen molar-refractivity contribution in [3.63, 3.8) is 0 Å². The van der Waals surface area contributed by atoms with Crippen LogP contribution in [0.1, 0.15) is 5.69 Å². The van der Waals surface area contributed by atoms with Gasteiger partial charge in [-0.3, -0.25) is 4.79 Å². The highest BCUT2D eigenvalue weighted by atomic mass is 32.1. The summed E-state index contributed by atoms with van der Waals surface area (Å²) in [5.41, 5.74) is 2.55. The summed E-state index contributed by atoms with van der Waals surface area (Å²) in [6.07, 6.45) is 5.67. The van der Waals surface area contributed by atoms with Gasteiger partial charge in [0.05, 0.1) is 24.0 Å². The number of carbonyl (C=O) groups excluding carboxylic acids is 1. The topological polar surface area (TPSA) is 59.8 Å². The summed E-state index contributed by atoms with van der Waals surface area (Å²) in [5.74, 6) is 0.00557. The largest absolute Gasteiger partial charge is 0.354 e. The number of imidazole rings is 1. The average Bonchev–Trinajstić information content (AvgIpc) is 2.90. The molecular formula is C10H12N4OS. The van der Waals surface area contributed by atoms with Crippen molar-refractivity contribution >= 4 is 17.2 Å². The van der Waals surface area contributed by atoms with Gasteiger partial charge in [-0.1, -0.05) is 0 Å². The number of rotatable bonds is 5. The second kappa shape index (κ2) is 5.41. The molecule has 0 aromatic carbocycles. The Bertz CT molecular complexity index is 424. The lowest BCUT2D eigenvalue weighted by Gasteiger charge is -2.04. The Hall–Kier alpha value is -1.69. The average molecular weight is 236 g/mol. The number of hydrogen-bond donors (Lipinski definition) is 1. The summed E-state index contributed by atoms with van der Waals surface area (Å²) in [7, 11) is 0. The highest BCUT2D eigenvalue weighted by Crippen LogP contribution is 2.01. The lowest BCUT2D eigenvalue weighted by atomic mass is 10.3. The Balaban J connectivity index is 1.68. The minimum Gasteiger partial charge on any atom is -0.354 e. The quantitative estimate of drug-likeness (QED) is 0.831. The molecule has 1 N–H and O–H groups in total. The predicted octanol–water partition coefficient (Wildman–Crippen LogP) is 0.699. The number of aromatic nitrogens is 3. The number of nitrogens with zero attached hydrogens (tertiary/aromatic N) is 3. The van der Waals surface area contributed by atoms with Crippen LogP contribution in [0.25, 0.3) is 0 Å². The van der Waals surface area contributed by atoms with Crippen LogP contribution in [-0.4, -0.2) is 27.0 Å². The normalized spacial score (nSPS) is 10.2. The first-order chi connectivity index (χ1) is 7.84. The molecule has 0 saturated heterocycles. The summed E-state index contributed by atoms with van der Waals surface area (Å²) in [4.78, 5) is 19.4. The predicted molar refractivity (Wildman–Crippen MR) is 61.1 cm³/mol. The fraction of sp³-hybridized carbons (Fsp3) is 0.300. The van der Waals surface area contributed by atoms with Crippen molar-refractivity contribution in [1.29, 1.82) is 0 Å². The molecule has 0 atom stereocenters. The van der Waals surface area contributed by atoms with E-state index in [2.05, 4.69) is 15.3 Å². The minimum atomic E-state index is 0.00557. The first-order valence-corrected chi connectivity index (χ1v) is 5.88. The third-order valence-electron chi connectivity index (χ3n) is 2.08. The maximum Gasteiger partial charge on any atom is 0.226 e. The van der Waals surface area contributed by atoms with Crippen molar-refractivity contribution in [3.05, 3.63) is 35.3 Å². The monoisotopic (exact) mass is 236 g/mol. The van der Waals surface area contributed by atoms with Crippen LogP contribution >= 0.6 is 11.3 Å². The van der Waals surface area contributed by atoms with Crippen molar-refractivity contribution < 1.29 is 4.79 Å². The van der Waals surface area contributed by atoms with Crippen LogP contribution in [0.4, 0.5) is 0 Å². The third-order valence-corrected chi connectivity index (χ3v) is 2.71. The lowest BCUT2D eigenvalue weighted by molar-refractivity contribution is -0.120. The van der Waals surface area contributed by atoms with Crippen LogP contribution in [0.5, 0.6) is 0 Å². The van der Waals surface area contributed by atoms with Gasteiger partial charge >= 0.3 is 0 Å². The van der Waals surface area contributed by atoms with Crippen LogP contribution in [0.2, 0.25) is 0 Å². The molecule has 5 nitrogen and oxygen atoms in total. The van der Waals surface area contributed by atoms with E-state index in [-0.39, 0.29) is 5.91 Å². The second-order valence-corrected chi connectivity index (χ2v) is 4.03. The number of hydrogen-bond acceptors (Lipinski definition) is 4. The van der Waals surface area contributed by atoms with Crippen LogP contribution in [0.15, 0.2) is 29.6 Å². The van der Waals surface area contributed by atoms with E-state index in [1.165, 1.54) is 11.3 Å². The first kappa shape index (κ1) is 10.8. The number of nitrogens with one attached hydrogen (secondary N) is 1. The van der Waals surface area contributed by atoms with Crippen LogP contribution < -0.4 is 5.32 Å². The van der Waals surface area contributed by atoms with Crippen molar-refractivity contribution in [2.75, 3.05) is 6.54 Å². The fourth-order valence-electron chi connectivity index (χ4n) is 1.30. The zero-order valence-electron chi connectivity index (χ0n) is 8.67. The zero-order valence-corrected chi connectivity index (χ0v) is 9.48. The van der Waals surface area contributed by atoms with Crippen molar-refractivity contribution in [2.24, 2.45) is 0 Å². The molecule has 1 amide bonds. The lowest BCUT2D eigenvalue weighted by Crippen LogP contribution is -2.28. The molecule has 0 unspecified atom stereocenters. The molecule has 2 aromatic heterocycles. The Kier molecular flexibility index (Phi) is 3.66. The fourth-order valence-corrected chi connectivity index (χ4v) is 1.85. The van der Waals surface area contributed by atoms with E-state index in [1.54, 1.807) is 18.0 Å². The van der Waals surface area contributed by atoms with Gasteiger partial charge in [-0.2, -0.15) is 0 Å². The summed E-state index contributed by atoms with van der Waals surface area (Å²) in [5, 5.41) is 4.72. The summed E-state index contributed by atoms with van der Waals surface area (Å²) in [6.45, 7) is 1.35. The van der Waals surface area contributed by atoms with Gasteiger partial charge in [0, 0.05) is 30.9 Å². The molecule has 2 aromatic rings. The zero-order chi connectivity index (χ0) is 11.2. The van der Waals surface area contributed by atoms with Gasteiger partial charge < -0.3 is 9.88 Å². The molecular weight excluding hydrogens is 224 g/mol.